The molecule has 0 unspecified atom stereocenters. The molecule has 0 saturated heterocycles. The molecule has 1 aliphatic heterocycles. The second-order valence-corrected chi connectivity index (χ2v) is 25.9. The van der Waals surface area contributed by atoms with E-state index >= 15 is 0 Å². The van der Waals surface area contributed by atoms with Crippen LogP contribution in [0, 0.1) is 10.8 Å². The van der Waals surface area contributed by atoms with Crippen molar-refractivity contribution in [3.05, 3.63) is 252 Å². The van der Waals surface area contributed by atoms with Gasteiger partial charge in [-0.1, -0.05) is 223 Å². The van der Waals surface area contributed by atoms with Crippen LogP contribution in [-0.2, 0) is 16.2 Å². The number of allylic oxidation sites excluding steroid dienone is 2. The molecule has 3 heterocycles. The first kappa shape index (κ1) is 52.9. The minimum Gasteiger partial charge on any atom is -0.457 e. The van der Waals surface area contributed by atoms with E-state index in [0.29, 0.717) is 6.67 Å². The van der Waals surface area contributed by atoms with Gasteiger partial charge in [0.1, 0.15) is 17.3 Å². The van der Waals surface area contributed by atoms with E-state index < -0.39 is 0 Å². The number of rotatable bonds is 11. The standard InChI is InChI=1S/C74H76N4O/c1-70(2,3)56-38-39-75-67(46-56)78-65-37-34-57(73(10,11)54-30-22-16-23-31-54)45-64(65)63-36-35-61(48-66(63)78)79-62-43-53(51-28-20-15-21-29-51)42-60(47-62)77-49-76(68(71(4,5)6)69(77)72(7,8)9)59-41-52(50-26-18-14-19-27-50)40-58(44-59)74(12,13)55-32-24-17-25-33-55/h14-48H,49H2,1-13H3. The topological polar surface area (TPSA) is 33.5 Å². The summed E-state index contributed by atoms with van der Waals surface area (Å²) in [6.07, 6.45) is 1.95. The maximum atomic E-state index is 7.25. The number of hydrogen-bond donors (Lipinski definition) is 0. The maximum absolute atomic E-state index is 7.25. The van der Waals surface area contributed by atoms with Gasteiger partial charge in [0.2, 0.25) is 0 Å². The normalized spacial score (nSPS) is 13.7. The number of pyridine rings is 1. The van der Waals surface area contributed by atoms with Crippen LogP contribution in [0.2, 0.25) is 0 Å². The maximum Gasteiger partial charge on any atom is 0.137 e. The van der Waals surface area contributed by atoms with Crippen LogP contribution in [0.5, 0.6) is 11.5 Å². The highest BCUT2D eigenvalue weighted by Crippen LogP contribution is 2.51. The average molecular weight is 1040 g/mol. The molecule has 79 heavy (non-hydrogen) atoms. The van der Waals surface area contributed by atoms with Crippen molar-refractivity contribution in [1.29, 1.82) is 0 Å². The van der Waals surface area contributed by atoms with E-state index in [1.54, 1.807) is 0 Å². The van der Waals surface area contributed by atoms with Gasteiger partial charge in [0.05, 0.1) is 17.7 Å². The highest BCUT2D eigenvalue weighted by Gasteiger charge is 2.42. The number of anilines is 2. The van der Waals surface area contributed by atoms with Crippen LogP contribution in [0.4, 0.5) is 11.4 Å². The third-order valence-electron chi connectivity index (χ3n) is 16.4. The average Bonchev–Trinajstić information content (AvgIpc) is 4.24. The van der Waals surface area contributed by atoms with Crippen molar-refractivity contribution in [2.45, 2.75) is 106 Å². The fraction of sp³-hybridized carbons (Fsp3) is 0.257. The van der Waals surface area contributed by atoms with Crippen LogP contribution in [0.25, 0.3) is 49.9 Å². The minimum atomic E-state index is -0.262. The Labute approximate surface area is 469 Å². The largest absolute Gasteiger partial charge is 0.457 e. The third-order valence-corrected chi connectivity index (χ3v) is 16.4. The molecular formula is C74H76N4O. The number of aromatic nitrogens is 2. The van der Waals surface area contributed by atoms with Gasteiger partial charge >= 0.3 is 0 Å². The van der Waals surface area contributed by atoms with Crippen molar-refractivity contribution in [3.63, 3.8) is 0 Å². The Hall–Kier alpha value is -8.15. The lowest BCUT2D eigenvalue weighted by Gasteiger charge is -2.35. The van der Waals surface area contributed by atoms with Crippen LogP contribution >= 0.6 is 0 Å². The molecule has 2 aromatic heterocycles. The summed E-state index contributed by atoms with van der Waals surface area (Å²) in [5, 5.41) is 2.33. The fourth-order valence-corrected chi connectivity index (χ4v) is 11.9. The van der Waals surface area contributed by atoms with Gasteiger partial charge in [-0.15, -0.1) is 0 Å². The third kappa shape index (κ3) is 10.2. The lowest BCUT2D eigenvalue weighted by molar-refractivity contribution is 0.444. The summed E-state index contributed by atoms with van der Waals surface area (Å²) in [5.74, 6) is 2.40. The highest BCUT2D eigenvalue weighted by molar-refractivity contribution is 6.10. The van der Waals surface area contributed by atoms with E-state index in [2.05, 4.69) is 311 Å². The molecule has 0 atom stereocenters. The molecule has 0 spiro atoms. The zero-order valence-corrected chi connectivity index (χ0v) is 48.6. The van der Waals surface area contributed by atoms with Crippen LogP contribution in [0.3, 0.4) is 0 Å². The van der Waals surface area contributed by atoms with Gasteiger partial charge in [-0.25, -0.2) is 4.98 Å². The molecule has 5 nitrogen and oxygen atoms in total. The minimum absolute atomic E-state index is 0.0600. The van der Waals surface area contributed by atoms with Gasteiger partial charge in [-0.3, -0.25) is 4.57 Å². The van der Waals surface area contributed by atoms with Gasteiger partial charge < -0.3 is 14.5 Å². The highest BCUT2D eigenvalue weighted by atomic mass is 16.5. The van der Waals surface area contributed by atoms with Crippen molar-refractivity contribution >= 4 is 33.2 Å². The number of benzene rings is 8. The predicted molar refractivity (Wildman–Crippen MR) is 334 cm³/mol. The van der Waals surface area contributed by atoms with Gasteiger partial charge in [-0.2, -0.15) is 0 Å². The summed E-state index contributed by atoms with van der Waals surface area (Å²) >= 11 is 0. The molecule has 11 rings (SSSR count). The molecule has 1 aliphatic rings. The molecule has 8 aromatic carbocycles. The molecule has 5 heteroatoms. The second-order valence-electron chi connectivity index (χ2n) is 25.9. The SMILES string of the molecule is CC(C)(C)C1=C(C(C)(C)C)N(c2cc(-c3ccccc3)cc(C(C)(C)c3ccccc3)c2)CN1c1cc(Oc2ccc3c4cc(C(C)(C)c5ccccc5)ccc4n(-c4cc(C(C)(C)C)ccn4)c3c2)cc(-c2ccccc2)c1. The van der Waals surface area contributed by atoms with Crippen molar-refractivity contribution in [2.75, 3.05) is 16.5 Å². The van der Waals surface area contributed by atoms with Crippen molar-refractivity contribution in [2.24, 2.45) is 10.8 Å². The van der Waals surface area contributed by atoms with Crippen molar-refractivity contribution < 1.29 is 4.74 Å². The number of ether oxygens (including phenoxy) is 1. The van der Waals surface area contributed by atoms with E-state index in [1.165, 1.54) is 61.4 Å². The molecule has 0 N–H and O–H groups in total. The summed E-state index contributed by atoms with van der Waals surface area (Å²) in [7, 11) is 0. The predicted octanol–water partition coefficient (Wildman–Crippen LogP) is 19.8. The number of nitrogens with zero attached hydrogens (tertiary/aromatic N) is 4. The molecule has 0 amide bonds. The van der Waals surface area contributed by atoms with Gasteiger partial charge in [0.15, 0.2) is 0 Å². The van der Waals surface area contributed by atoms with Crippen LogP contribution in [0.15, 0.2) is 224 Å². The molecule has 0 radical (unpaired) electrons. The van der Waals surface area contributed by atoms with E-state index in [4.69, 9.17) is 9.72 Å². The summed E-state index contributed by atoms with van der Waals surface area (Å²) in [4.78, 5) is 10.2. The van der Waals surface area contributed by atoms with E-state index in [1.807, 2.05) is 6.20 Å². The Morgan fingerprint density at radius 3 is 1.42 bits per heavy atom. The van der Waals surface area contributed by atoms with Crippen molar-refractivity contribution in [3.8, 4) is 39.6 Å². The zero-order chi connectivity index (χ0) is 55.6. The summed E-state index contributed by atoms with van der Waals surface area (Å²) in [6.45, 7) is 30.9. The Bertz CT molecular complexity index is 3880. The summed E-state index contributed by atoms with van der Waals surface area (Å²) < 4.78 is 9.57. The first-order chi connectivity index (χ1) is 37.6. The fourth-order valence-electron chi connectivity index (χ4n) is 11.9. The Morgan fingerprint density at radius 2 is 0.873 bits per heavy atom. The van der Waals surface area contributed by atoms with E-state index in [-0.39, 0.29) is 27.1 Å². The summed E-state index contributed by atoms with van der Waals surface area (Å²) in [5.41, 5.74) is 16.9. The van der Waals surface area contributed by atoms with Crippen LogP contribution < -0.4 is 14.5 Å². The van der Waals surface area contributed by atoms with Crippen LogP contribution in [-0.4, -0.2) is 16.2 Å². The van der Waals surface area contributed by atoms with Gasteiger partial charge in [-0.05, 0) is 116 Å². The molecule has 0 bridgehead atoms. The monoisotopic (exact) mass is 1040 g/mol. The Morgan fingerprint density at radius 1 is 0.354 bits per heavy atom. The molecule has 0 fully saturated rings. The lowest BCUT2D eigenvalue weighted by atomic mass is 9.77. The quantitative estimate of drug-likeness (QED) is 0.129. The first-order valence-electron chi connectivity index (χ1n) is 28.1. The van der Waals surface area contributed by atoms with Crippen LogP contribution in [0.1, 0.15) is 118 Å². The number of hydrogen-bond acceptors (Lipinski definition) is 4. The summed E-state index contributed by atoms with van der Waals surface area (Å²) in [6, 6.07) is 75.3. The Balaban J connectivity index is 1.07. The molecule has 10 aromatic rings. The number of fused-ring (bicyclic) bond motifs is 3. The van der Waals surface area contributed by atoms with E-state index in [9.17, 15) is 0 Å². The van der Waals surface area contributed by atoms with Gasteiger partial charge in [0, 0.05) is 73.5 Å². The van der Waals surface area contributed by atoms with E-state index in [0.717, 1.165) is 50.6 Å². The van der Waals surface area contributed by atoms with Gasteiger partial charge in [0.25, 0.3) is 0 Å². The molecule has 0 aliphatic carbocycles. The second kappa shape index (κ2) is 19.9. The Kier molecular flexibility index (Phi) is 13.4. The van der Waals surface area contributed by atoms with Crippen molar-refractivity contribution in [1.82, 2.24) is 9.55 Å². The first-order valence-corrected chi connectivity index (χ1v) is 28.1. The lowest BCUT2D eigenvalue weighted by Crippen LogP contribution is -2.31. The smallest absolute Gasteiger partial charge is 0.137 e. The molecule has 398 valence electrons. The molecule has 0 saturated carbocycles. The molecular weight excluding hydrogens is 961 g/mol. The zero-order valence-electron chi connectivity index (χ0n) is 48.6.